The maximum atomic E-state index is 12.4. The number of carboxylic acid groups (broad SMARTS) is 1. The second-order valence-corrected chi connectivity index (χ2v) is 7.12. The smallest absolute Gasteiger partial charge is 0.407 e. The molecule has 7 heteroatoms. The van der Waals surface area contributed by atoms with Crippen LogP contribution >= 0.6 is 0 Å². The number of nitrogens with one attached hydrogen (secondary N) is 1. The molecule has 2 aromatic carbocycles. The van der Waals surface area contributed by atoms with Crippen molar-refractivity contribution in [3.63, 3.8) is 0 Å². The van der Waals surface area contributed by atoms with Crippen LogP contribution in [0, 0.1) is 0 Å². The Bertz CT molecular complexity index is 1050. The number of carboxylic acids is 1. The van der Waals surface area contributed by atoms with Gasteiger partial charge in [0.2, 0.25) is 0 Å². The van der Waals surface area contributed by atoms with Crippen LogP contribution in [-0.4, -0.2) is 34.8 Å². The molecule has 1 heterocycles. The lowest BCUT2D eigenvalue weighted by molar-refractivity contribution is -0.139. The van der Waals surface area contributed by atoms with Crippen LogP contribution in [0.1, 0.15) is 22.7 Å². The predicted molar refractivity (Wildman–Crippen MR) is 112 cm³/mol. The van der Waals surface area contributed by atoms with Crippen molar-refractivity contribution in [1.82, 2.24) is 10.3 Å². The number of nitrogens with two attached hydrogens (primary N) is 1. The zero-order valence-electron chi connectivity index (χ0n) is 16.1. The fourth-order valence-electron chi connectivity index (χ4n) is 3.80. The standard InChI is InChI=1S/C23H21N3O4/c24-21-11-5-6-14(25-21)12-20(22(27)28)26-23(29)30-13-19-17-9-3-1-7-15(17)16-8-2-4-10-18(16)19/h1-11,19-20H,12-13H2,(H2,24,25)(H,26,29)(H,27,28)/t20-/m0/s1. The molecule has 30 heavy (non-hydrogen) atoms. The number of hydrogen-bond donors (Lipinski definition) is 3. The van der Waals surface area contributed by atoms with Crippen molar-refractivity contribution in [2.45, 2.75) is 18.4 Å². The second kappa shape index (κ2) is 8.24. The topological polar surface area (TPSA) is 115 Å². The summed E-state index contributed by atoms with van der Waals surface area (Å²) in [4.78, 5) is 28.0. The third kappa shape index (κ3) is 3.96. The molecule has 0 bridgehead atoms. The van der Waals surface area contributed by atoms with Crippen LogP contribution in [0.25, 0.3) is 11.1 Å². The number of rotatable bonds is 6. The van der Waals surface area contributed by atoms with Crippen molar-refractivity contribution < 1.29 is 19.4 Å². The molecule has 152 valence electrons. The van der Waals surface area contributed by atoms with Crippen LogP contribution in [0.5, 0.6) is 0 Å². The summed E-state index contributed by atoms with van der Waals surface area (Å²) in [6.45, 7) is 0.114. The van der Waals surface area contributed by atoms with Gasteiger partial charge in [-0.15, -0.1) is 0 Å². The van der Waals surface area contributed by atoms with Gasteiger partial charge in [-0.2, -0.15) is 0 Å². The molecule has 1 aliphatic rings. The van der Waals surface area contributed by atoms with Crippen LogP contribution in [0.3, 0.4) is 0 Å². The first-order valence-corrected chi connectivity index (χ1v) is 9.58. The number of anilines is 1. The van der Waals surface area contributed by atoms with E-state index >= 15 is 0 Å². The first-order chi connectivity index (χ1) is 14.5. The number of aromatic nitrogens is 1. The number of aliphatic carboxylic acids is 1. The third-order valence-corrected chi connectivity index (χ3v) is 5.18. The highest BCUT2D eigenvalue weighted by atomic mass is 16.5. The number of fused-ring (bicyclic) bond motifs is 3. The maximum absolute atomic E-state index is 12.4. The summed E-state index contributed by atoms with van der Waals surface area (Å²) in [7, 11) is 0. The second-order valence-electron chi connectivity index (χ2n) is 7.12. The SMILES string of the molecule is Nc1cccc(C[C@H](NC(=O)OCC2c3ccccc3-c3ccccc32)C(=O)O)n1. The molecule has 0 radical (unpaired) electrons. The number of alkyl carbamates (subject to hydrolysis) is 1. The molecule has 0 saturated heterocycles. The average molecular weight is 403 g/mol. The van der Waals surface area contributed by atoms with E-state index in [4.69, 9.17) is 10.5 Å². The molecular formula is C23H21N3O4. The van der Waals surface area contributed by atoms with Gasteiger partial charge in [0, 0.05) is 18.0 Å². The van der Waals surface area contributed by atoms with Crippen molar-refractivity contribution >= 4 is 17.9 Å². The molecule has 0 unspecified atom stereocenters. The highest BCUT2D eigenvalue weighted by molar-refractivity contribution is 5.81. The van der Waals surface area contributed by atoms with Gasteiger partial charge in [0.1, 0.15) is 18.5 Å². The minimum Gasteiger partial charge on any atom is -0.480 e. The van der Waals surface area contributed by atoms with Gasteiger partial charge in [-0.1, -0.05) is 54.6 Å². The third-order valence-electron chi connectivity index (χ3n) is 5.18. The summed E-state index contributed by atoms with van der Waals surface area (Å²) >= 11 is 0. The lowest BCUT2D eigenvalue weighted by Gasteiger charge is -2.17. The van der Waals surface area contributed by atoms with Gasteiger partial charge >= 0.3 is 12.1 Å². The Kier molecular flexibility index (Phi) is 5.34. The molecule has 7 nitrogen and oxygen atoms in total. The summed E-state index contributed by atoms with van der Waals surface area (Å²) < 4.78 is 5.42. The molecule has 0 spiro atoms. The summed E-state index contributed by atoms with van der Waals surface area (Å²) in [5, 5.41) is 11.9. The van der Waals surface area contributed by atoms with Gasteiger partial charge in [-0.05, 0) is 34.4 Å². The molecule has 3 aromatic rings. The molecule has 0 saturated carbocycles. The Balaban J connectivity index is 1.43. The Labute approximate surface area is 173 Å². The Morgan fingerprint density at radius 3 is 2.23 bits per heavy atom. The zero-order valence-corrected chi connectivity index (χ0v) is 16.1. The van der Waals surface area contributed by atoms with E-state index in [-0.39, 0.29) is 24.8 Å². The van der Waals surface area contributed by atoms with Crippen LogP contribution in [0.4, 0.5) is 10.6 Å². The lowest BCUT2D eigenvalue weighted by atomic mass is 9.98. The Hall–Kier alpha value is -3.87. The molecular weight excluding hydrogens is 382 g/mol. The van der Waals surface area contributed by atoms with Gasteiger partial charge in [0.15, 0.2) is 0 Å². The van der Waals surface area contributed by atoms with Crippen LogP contribution in [-0.2, 0) is 16.0 Å². The lowest BCUT2D eigenvalue weighted by Crippen LogP contribution is -2.43. The molecule has 1 amide bonds. The zero-order chi connectivity index (χ0) is 21.1. The van der Waals surface area contributed by atoms with Gasteiger partial charge < -0.3 is 20.9 Å². The molecule has 1 aliphatic carbocycles. The van der Waals surface area contributed by atoms with Gasteiger partial charge in [0.25, 0.3) is 0 Å². The number of pyridine rings is 1. The van der Waals surface area contributed by atoms with Crippen LogP contribution in [0.15, 0.2) is 66.7 Å². The van der Waals surface area contributed by atoms with Crippen molar-refractivity contribution in [1.29, 1.82) is 0 Å². The first-order valence-electron chi connectivity index (χ1n) is 9.58. The predicted octanol–water partition coefficient (Wildman–Crippen LogP) is 3.20. The average Bonchev–Trinajstić information content (AvgIpc) is 3.06. The van der Waals surface area contributed by atoms with E-state index < -0.39 is 18.1 Å². The Morgan fingerprint density at radius 1 is 1.00 bits per heavy atom. The minimum absolute atomic E-state index is 0.00453. The van der Waals surface area contributed by atoms with E-state index in [9.17, 15) is 14.7 Å². The van der Waals surface area contributed by atoms with Crippen molar-refractivity contribution in [3.8, 4) is 11.1 Å². The number of carbonyl (C=O) groups excluding carboxylic acids is 1. The van der Waals surface area contributed by atoms with E-state index in [1.54, 1.807) is 18.2 Å². The van der Waals surface area contributed by atoms with Gasteiger partial charge in [-0.3, -0.25) is 0 Å². The van der Waals surface area contributed by atoms with E-state index in [0.29, 0.717) is 5.69 Å². The number of nitrogens with zero attached hydrogens (tertiary/aromatic N) is 1. The van der Waals surface area contributed by atoms with Crippen LogP contribution < -0.4 is 11.1 Å². The summed E-state index contributed by atoms with van der Waals surface area (Å²) in [5.74, 6) is -0.979. The highest BCUT2D eigenvalue weighted by Crippen LogP contribution is 2.44. The number of hydrogen-bond acceptors (Lipinski definition) is 5. The van der Waals surface area contributed by atoms with Crippen molar-refractivity contribution in [3.05, 3.63) is 83.6 Å². The van der Waals surface area contributed by atoms with E-state index in [2.05, 4.69) is 10.3 Å². The normalized spacial score (nSPS) is 13.2. The molecule has 0 fully saturated rings. The van der Waals surface area contributed by atoms with E-state index in [1.807, 2.05) is 48.5 Å². The highest BCUT2D eigenvalue weighted by Gasteiger charge is 2.29. The molecule has 1 aromatic heterocycles. The summed E-state index contributed by atoms with van der Waals surface area (Å²) in [6, 6.07) is 19.8. The number of ether oxygens (including phenoxy) is 1. The fraction of sp³-hybridized carbons (Fsp3) is 0.174. The first kappa shape index (κ1) is 19.4. The molecule has 4 N–H and O–H groups in total. The van der Waals surface area contributed by atoms with Crippen LogP contribution in [0.2, 0.25) is 0 Å². The van der Waals surface area contributed by atoms with Gasteiger partial charge in [-0.25, -0.2) is 14.6 Å². The van der Waals surface area contributed by atoms with Crippen molar-refractivity contribution in [2.75, 3.05) is 12.3 Å². The summed E-state index contributed by atoms with van der Waals surface area (Å²) in [6.07, 6.45) is -0.780. The van der Waals surface area contributed by atoms with E-state index in [0.717, 1.165) is 22.3 Å². The fourth-order valence-corrected chi connectivity index (χ4v) is 3.80. The summed E-state index contributed by atoms with van der Waals surface area (Å²) in [5.41, 5.74) is 10.5. The number of nitrogen functional groups attached to an aromatic ring is 1. The van der Waals surface area contributed by atoms with Crippen molar-refractivity contribution in [2.24, 2.45) is 0 Å². The van der Waals surface area contributed by atoms with Gasteiger partial charge in [0.05, 0.1) is 0 Å². The molecule has 0 aliphatic heterocycles. The number of carbonyl (C=O) groups is 2. The monoisotopic (exact) mass is 403 g/mol. The maximum Gasteiger partial charge on any atom is 0.407 e. The number of benzene rings is 2. The largest absolute Gasteiger partial charge is 0.480 e. The quantitative estimate of drug-likeness (QED) is 0.582. The molecule has 4 rings (SSSR count). The number of amides is 1. The molecule has 1 atom stereocenters. The Morgan fingerprint density at radius 2 is 1.63 bits per heavy atom. The minimum atomic E-state index is -1.17. The van der Waals surface area contributed by atoms with E-state index in [1.165, 1.54) is 0 Å².